The molecule has 0 aliphatic rings. The summed E-state index contributed by atoms with van der Waals surface area (Å²) >= 11 is 8.78. The van der Waals surface area contributed by atoms with Gasteiger partial charge in [0.15, 0.2) is 0 Å². The monoisotopic (exact) mass is 378 g/mol. The Morgan fingerprint density at radius 2 is 2.00 bits per heavy atom. The number of carbonyl (C=O) groups excluding carboxylic acids is 1. The summed E-state index contributed by atoms with van der Waals surface area (Å²) in [6.45, 7) is 0. The quantitative estimate of drug-likeness (QED) is 0.817. The number of halogens is 5. The van der Waals surface area contributed by atoms with Gasteiger partial charge in [0.05, 0.1) is 21.8 Å². The maximum atomic E-state index is 12.9. The summed E-state index contributed by atoms with van der Waals surface area (Å²) in [5.41, 5.74) is -1.31. The maximum absolute atomic E-state index is 12.9. The molecule has 0 bridgehead atoms. The molecular formula is C13H7BrClF3N2O. The first-order valence-corrected chi connectivity index (χ1v) is 6.74. The molecule has 3 nitrogen and oxygen atoms in total. The zero-order valence-electron chi connectivity index (χ0n) is 10.2. The highest BCUT2D eigenvalue weighted by atomic mass is 79.9. The van der Waals surface area contributed by atoms with E-state index < -0.39 is 17.6 Å². The number of nitrogens with one attached hydrogen (secondary N) is 1. The van der Waals surface area contributed by atoms with Gasteiger partial charge < -0.3 is 5.32 Å². The van der Waals surface area contributed by atoms with E-state index in [-0.39, 0.29) is 20.7 Å². The van der Waals surface area contributed by atoms with Gasteiger partial charge in [-0.3, -0.25) is 9.78 Å². The van der Waals surface area contributed by atoms with Crippen LogP contribution in [0.5, 0.6) is 0 Å². The second-order valence-corrected chi connectivity index (χ2v) is 5.32. The molecule has 8 heteroatoms. The second-order valence-electron chi connectivity index (χ2n) is 4.00. The smallest absolute Gasteiger partial charge is 0.321 e. The summed E-state index contributed by atoms with van der Waals surface area (Å²) in [5.74, 6) is -0.763. The fraction of sp³-hybridized carbons (Fsp3) is 0.0769. The number of nitrogens with zero attached hydrogens (tertiary/aromatic N) is 1. The van der Waals surface area contributed by atoms with Crippen LogP contribution in [0.1, 0.15) is 15.9 Å². The van der Waals surface area contributed by atoms with Gasteiger partial charge in [-0.05, 0) is 24.3 Å². The summed E-state index contributed by atoms with van der Waals surface area (Å²) < 4.78 is 39.1. The summed E-state index contributed by atoms with van der Waals surface area (Å²) in [6, 6.07) is 4.83. The first kappa shape index (κ1) is 15.8. The number of aromatic nitrogens is 1. The Morgan fingerprint density at radius 3 is 2.62 bits per heavy atom. The molecule has 1 N–H and O–H groups in total. The summed E-state index contributed by atoms with van der Waals surface area (Å²) in [6.07, 6.45) is -2.03. The van der Waals surface area contributed by atoms with Gasteiger partial charge in [-0.2, -0.15) is 13.2 Å². The zero-order chi connectivity index (χ0) is 15.6. The Kier molecular flexibility index (Phi) is 4.53. The van der Waals surface area contributed by atoms with Crippen LogP contribution in [-0.2, 0) is 6.18 Å². The van der Waals surface area contributed by atoms with Gasteiger partial charge in [0.25, 0.3) is 5.91 Å². The molecule has 0 fully saturated rings. The number of anilines is 1. The Bertz CT molecular complexity index is 691. The predicted molar refractivity (Wildman–Crippen MR) is 76.3 cm³/mol. The van der Waals surface area contributed by atoms with Gasteiger partial charge in [-0.15, -0.1) is 0 Å². The molecule has 110 valence electrons. The number of rotatable bonds is 2. The predicted octanol–water partition coefficient (Wildman–Crippen LogP) is 4.77. The number of benzene rings is 1. The van der Waals surface area contributed by atoms with Crippen LogP contribution in [0.4, 0.5) is 18.9 Å². The number of hydrogen-bond acceptors (Lipinski definition) is 2. The number of amides is 1. The van der Waals surface area contributed by atoms with E-state index in [0.29, 0.717) is 0 Å². The van der Waals surface area contributed by atoms with Crippen LogP contribution >= 0.6 is 27.5 Å². The molecule has 21 heavy (non-hydrogen) atoms. The minimum Gasteiger partial charge on any atom is -0.321 e. The van der Waals surface area contributed by atoms with Crippen molar-refractivity contribution < 1.29 is 18.0 Å². The third-order valence-electron chi connectivity index (χ3n) is 2.55. The average Bonchev–Trinajstić information content (AvgIpc) is 2.40. The molecule has 0 saturated heterocycles. The van der Waals surface area contributed by atoms with Gasteiger partial charge in [0, 0.05) is 16.9 Å². The van der Waals surface area contributed by atoms with Gasteiger partial charge in [0.1, 0.15) is 0 Å². The molecule has 0 radical (unpaired) electrons. The van der Waals surface area contributed by atoms with Crippen molar-refractivity contribution in [2.75, 3.05) is 5.32 Å². The van der Waals surface area contributed by atoms with Gasteiger partial charge in [0.2, 0.25) is 0 Å². The van der Waals surface area contributed by atoms with Crippen LogP contribution < -0.4 is 5.32 Å². The molecule has 1 heterocycles. The van der Waals surface area contributed by atoms with Crippen molar-refractivity contribution in [2.45, 2.75) is 6.18 Å². The van der Waals surface area contributed by atoms with E-state index in [0.717, 1.165) is 12.1 Å². The standard InChI is InChI=1S/C13H7BrClF3N2O/c14-7-1-2-11(9(5-7)13(16,17)18)20-12(21)8-6-19-4-3-10(8)15/h1-6H,(H,20,21). The summed E-state index contributed by atoms with van der Waals surface area (Å²) in [7, 11) is 0. The summed E-state index contributed by atoms with van der Waals surface area (Å²) in [4.78, 5) is 15.7. The topological polar surface area (TPSA) is 42.0 Å². The van der Waals surface area contributed by atoms with Crippen molar-refractivity contribution in [3.8, 4) is 0 Å². The van der Waals surface area contributed by atoms with Crippen molar-refractivity contribution in [2.24, 2.45) is 0 Å². The molecule has 0 atom stereocenters. The van der Waals surface area contributed by atoms with E-state index in [1.807, 2.05) is 0 Å². The minimum atomic E-state index is -4.59. The highest BCUT2D eigenvalue weighted by molar-refractivity contribution is 9.10. The molecule has 1 aromatic carbocycles. The van der Waals surface area contributed by atoms with E-state index in [2.05, 4.69) is 26.2 Å². The number of alkyl halides is 3. The first-order valence-electron chi connectivity index (χ1n) is 5.56. The number of pyridine rings is 1. The van der Waals surface area contributed by atoms with Crippen LogP contribution in [0.2, 0.25) is 5.02 Å². The van der Waals surface area contributed by atoms with Gasteiger partial charge in [-0.1, -0.05) is 27.5 Å². The molecule has 0 saturated carbocycles. The van der Waals surface area contributed by atoms with Gasteiger partial charge >= 0.3 is 6.18 Å². The van der Waals surface area contributed by atoms with Crippen LogP contribution in [0.25, 0.3) is 0 Å². The Hall–Kier alpha value is -1.60. The van der Waals surface area contributed by atoms with Crippen molar-refractivity contribution in [1.29, 1.82) is 0 Å². The lowest BCUT2D eigenvalue weighted by atomic mass is 10.1. The van der Waals surface area contributed by atoms with E-state index >= 15 is 0 Å². The number of hydrogen-bond donors (Lipinski definition) is 1. The Balaban J connectivity index is 2.36. The van der Waals surface area contributed by atoms with Crippen molar-refractivity contribution in [3.63, 3.8) is 0 Å². The van der Waals surface area contributed by atoms with E-state index in [1.165, 1.54) is 24.5 Å². The van der Waals surface area contributed by atoms with E-state index in [4.69, 9.17) is 11.6 Å². The largest absolute Gasteiger partial charge is 0.418 e. The lowest BCUT2D eigenvalue weighted by Crippen LogP contribution is -2.17. The lowest BCUT2D eigenvalue weighted by Gasteiger charge is -2.14. The molecule has 2 rings (SSSR count). The summed E-state index contributed by atoms with van der Waals surface area (Å²) in [5, 5.41) is 2.30. The molecule has 0 aliphatic heterocycles. The molecular weight excluding hydrogens is 373 g/mol. The average molecular weight is 380 g/mol. The first-order chi connectivity index (χ1) is 9.79. The Morgan fingerprint density at radius 1 is 1.29 bits per heavy atom. The maximum Gasteiger partial charge on any atom is 0.418 e. The highest BCUT2D eigenvalue weighted by Crippen LogP contribution is 2.36. The molecule has 2 aromatic rings. The normalized spacial score (nSPS) is 11.3. The third kappa shape index (κ3) is 3.74. The Labute approximate surface area is 131 Å². The van der Waals surface area contributed by atoms with Crippen LogP contribution in [-0.4, -0.2) is 10.9 Å². The number of carbonyl (C=O) groups is 1. The second kappa shape index (κ2) is 6.03. The molecule has 1 aromatic heterocycles. The highest BCUT2D eigenvalue weighted by Gasteiger charge is 2.34. The SMILES string of the molecule is O=C(Nc1ccc(Br)cc1C(F)(F)F)c1cnccc1Cl. The van der Waals surface area contributed by atoms with Crippen molar-refractivity contribution in [1.82, 2.24) is 4.98 Å². The van der Waals surface area contributed by atoms with Crippen LogP contribution in [0.3, 0.4) is 0 Å². The fourth-order valence-electron chi connectivity index (χ4n) is 1.59. The molecule has 0 unspecified atom stereocenters. The van der Waals surface area contributed by atoms with E-state index in [1.54, 1.807) is 0 Å². The van der Waals surface area contributed by atoms with Crippen molar-refractivity contribution in [3.05, 3.63) is 57.3 Å². The van der Waals surface area contributed by atoms with E-state index in [9.17, 15) is 18.0 Å². The van der Waals surface area contributed by atoms with Crippen LogP contribution in [0.15, 0.2) is 41.1 Å². The van der Waals surface area contributed by atoms with Crippen LogP contribution in [0, 0.1) is 0 Å². The third-order valence-corrected chi connectivity index (χ3v) is 3.37. The zero-order valence-corrected chi connectivity index (χ0v) is 12.6. The lowest BCUT2D eigenvalue weighted by molar-refractivity contribution is -0.136. The van der Waals surface area contributed by atoms with Gasteiger partial charge in [-0.25, -0.2) is 0 Å². The minimum absolute atomic E-state index is 0.00444. The molecule has 0 aliphatic carbocycles. The molecule has 1 amide bonds. The molecule has 0 spiro atoms. The van der Waals surface area contributed by atoms with Crippen molar-refractivity contribution >= 4 is 39.1 Å². The fourth-order valence-corrected chi connectivity index (χ4v) is 2.15.